The second-order valence-electron chi connectivity index (χ2n) is 10.8. The summed E-state index contributed by atoms with van der Waals surface area (Å²) in [4.78, 5) is 4.25. The molecule has 2 nitrogen and oxygen atoms in total. The number of rotatable bonds is 2. The second kappa shape index (κ2) is 14.8. The maximum Gasteiger partial charge on any atom is 0.0495 e. The first kappa shape index (κ1) is 31.7. The average molecular weight is 567 g/mol. The Labute approximate surface area is 259 Å². The fraction of sp³-hybridized carbons (Fsp3) is 0.220. The van der Waals surface area contributed by atoms with E-state index in [4.69, 9.17) is 0 Å². The molecular formula is C41H46N2. The van der Waals surface area contributed by atoms with Crippen LogP contribution in [0, 0.1) is 0 Å². The molecule has 0 heterocycles. The number of benzene rings is 6. The standard InChI is InChI=1S/2C16H10.C5H14N2.2C2H6/c2*1-2-8-13-12(7-1)14-9-3-5-11-6-4-10-15(13)16(11)14;1-6(2)5-7(3)4;2*1-2/h2*1-10H;5H2,1-4H3;2*1-2H3. The van der Waals surface area contributed by atoms with Crippen LogP contribution in [0.2, 0.25) is 0 Å². The first-order valence-electron chi connectivity index (χ1n) is 15.6. The summed E-state index contributed by atoms with van der Waals surface area (Å²) in [6.07, 6.45) is 0. The summed E-state index contributed by atoms with van der Waals surface area (Å²) in [6.45, 7) is 9.03. The summed E-state index contributed by atoms with van der Waals surface area (Å²) in [5.41, 5.74) is 11.0. The van der Waals surface area contributed by atoms with Gasteiger partial charge >= 0.3 is 0 Å². The normalized spacial score (nSPS) is 10.8. The molecule has 0 fully saturated rings. The Balaban J connectivity index is 0.000000149. The van der Waals surface area contributed by atoms with Crippen LogP contribution in [0.3, 0.4) is 0 Å². The van der Waals surface area contributed by atoms with Crippen molar-refractivity contribution in [3.63, 3.8) is 0 Å². The Morgan fingerprint density at radius 2 is 0.558 bits per heavy atom. The highest BCUT2D eigenvalue weighted by Gasteiger charge is 2.20. The Kier molecular flexibility index (Phi) is 10.9. The third kappa shape index (κ3) is 6.57. The van der Waals surface area contributed by atoms with E-state index in [0.717, 1.165) is 6.67 Å². The third-order valence-electron chi connectivity index (χ3n) is 7.39. The zero-order valence-corrected chi connectivity index (χ0v) is 27.1. The molecule has 0 spiro atoms. The number of fused-ring (bicyclic) bond motifs is 6. The molecule has 0 saturated heterocycles. The molecule has 0 N–H and O–H groups in total. The van der Waals surface area contributed by atoms with Gasteiger partial charge in [-0.1, -0.05) is 149 Å². The Morgan fingerprint density at radius 3 is 0.767 bits per heavy atom. The van der Waals surface area contributed by atoms with Crippen molar-refractivity contribution in [2.75, 3.05) is 34.9 Å². The van der Waals surface area contributed by atoms with Gasteiger partial charge < -0.3 is 0 Å². The maximum absolute atomic E-state index is 2.22. The molecule has 2 aliphatic carbocycles. The lowest BCUT2D eigenvalue weighted by Crippen LogP contribution is -2.26. The molecule has 6 aromatic rings. The molecule has 0 atom stereocenters. The predicted octanol–water partition coefficient (Wildman–Crippen LogP) is 11.1. The highest BCUT2D eigenvalue weighted by atomic mass is 15.2. The summed E-state index contributed by atoms with van der Waals surface area (Å²) >= 11 is 0. The van der Waals surface area contributed by atoms with Crippen molar-refractivity contribution in [2.45, 2.75) is 27.7 Å². The van der Waals surface area contributed by atoms with Gasteiger partial charge in [-0.05, 0) is 94.2 Å². The van der Waals surface area contributed by atoms with Crippen molar-refractivity contribution in [1.82, 2.24) is 9.80 Å². The smallest absolute Gasteiger partial charge is 0.0495 e. The lowest BCUT2D eigenvalue weighted by molar-refractivity contribution is 0.245. The van der Waals surface area contributed by atoms with Crippen molar-refractivity contribution in [2.24, 2.45) is 0 Å². The van der Waals surface area contributed by atoms with Crippen LogP contribution in [0.5, 0.6) is 0 Å². The molecular weight excluding hydrogens is 520 g/mol. The minimum absolute atomic E-state index is 1.03. The SMILES string of the molecule is CC.CC.CN(C)CN(C)C.c1ccc2c(c1)-c1cccc3cccc-2c13.c1ccc2c(c1)-c1cccc3cccc-2c13. The maximum atomic E-state index is 2.22. The summed E-state index contributed by atoms with van der Waals surface area (Å²) in [5, 5.41) is 5.50. The first-order valence-corrected chi connectivity index (χ1v) is 15.6. The topological polar surface area (TPSA) is 6.48 Å². The van der Waals surface area contributed by atoms with Crippen LogP contribution in [0.1, 0.15) is 27.7 Å². The van der Waals surface area contributed by atoms with Gasteiger partial charge in [0.05, 0.1) is 0 Å². The van der Waals surface area contributed by atoms with Crippen LogP contribution in [0.25, 0.3) is 66.1 Å². The van der Waals surface area contributed by atoms with Crippen LogP contribution in [0.4, 0.5) is 0 Å². The third-order valence-corrected chi connectivity index (χ3v) is 7.39. The molecule has 2 heteroatoms. The van der Waals surface area contributed by atoms with Gasteiger partial charge in [0, 0.05) is 6.67 Å². The monoisotopic (exact) mass is 566 g/mol. The van der Waals surface area contributed by atoms with Crippen molar-refractivity contribution in [3.05, 3.63) is 121 Å². The fourth-order valence-corrected chi connectivity index (χ4v) is 6.05. The quantitative estimate of drug-likeness (QED) is 0.192. The second-order valence-corrected chi connectivity index (χ2v) is 10.8. The van der Waals surface area contributed by atoms with E-state index in [1.54, 1.807) is 0 Å². The van der Waals surface area contributed by atoms with E-state index < -0.39 is 0 Å². The van der Waals surface area contributed by atoms with Crippen LogP contribution in [-0.2, 0) is 0 Å². The highest BCUT2D eigenvalue weighted by Crippen LogP contribution is 2.47. The fourth-order valence-electron chi connectivity index (χ4n) is 6.05. The minimum Gasteiger partial charge on any atom is -0.297 e. The Bertz CT molecular complexity index is 1550. The van der Waals surface area contributed by atoms with Crippen LogP contribution in [0.15, 0.2) is 121 Å². The van der Waals surface area contributed by atoms with E-state index in [9.17, 15) is 0 Å². The van der Waals surface area contributed by atoms with E-state index in [1.807, 2.05) is 27.7 Å². The molecule has 43 heavy (non-hydrogen) atoms. The van der Waals surface area contributed by atoms with Crippen molar-refractivity contribution in [3.8, 4) is 44.5 Å². The molecule has 0 aliphatic heterocycles. The predicted molar refractivity (Wildman–Crippen MR) is 192 cm³/mol. The Morgan fingerprint density at radius 1 is 0.326 bits per heavy atom. The van der Waals surface area contributed by atoms with Gasteiger partial charge in [-0.2, -0.15) is 0 Å². The lowest BCUT2D eigenvalue weighted by Gasteiger charge is -2.14. The van der Waals surface area contributed by atoms with E-state index >= 15 is 0 Å². The zero-order valence-electron chi connectivity index (χ0n) is 27.1. The molecule has 0 radical (unpaired) electrons. The van der Waals surface area contributed by atoms with Gasteiger partial charge in [-0.25, -0.2) is 0 Å². The van der Waals surface area contributed by atoms with Crippen LogP contribution in [-0.4, -0.2) is 44.7 Å². The van der Waals surface area contributed by atoms with Gasteiger partial charge in [0.2, 0.25) is 0 Å². The number of hydrogen-bond acceptors (Lipinski definition) is 2. The Hall–Kier alpha value is -4.24. The van der Waals surface area contributed by atoms with Crippen molar-refractivity contribution in [1.29, 1.82) is 0 Å². The molecule has 0 unspecified atom stereocenters. The van der Waals surface area contributed by atoms with Gasteiger partial charge in [0.25, 0.3) is 0 Å². The van der Waals surface area contributed by atoms with Crippen molar-refractivity contribution < 1.29 is 0 Å². The van der Waals surface area contributed by atoms with E-state index in [2.05, 4.69) is 159 Å². The zero-order chi connectivity index (χ0) is 30.9. The summed E-state index contributed by atoms with van der Waals surface area (Å²) < 4.78 is 0. The minimum atomic E-state index is 1.03. The van der Waals surface area contributed by atoms with Gasteiger partial charge in [-0.15, -0.1) is 0 Å². The van der Waals surface area contributed by atoms with Gasteiger partial charge in [-0.3, -0.25) is 9.80 Å². The summed E-state index contributed by atoms with van der Waals surface area (Å²) in [7, 11) is 8.22. The average Bonchev–Trinajstić information content (AvgIpc) is 3.55. The van der Waals surface area contributed by atoms with Crippen LogP contribution < -0.4 is 0 Å². The van der Waals surface area contributed by atoms with Gasteiger partial charge in [0.1, 0.15) is 0 Å². The molecule has 8 rings (SSSR count). The van der Waals surface area contributed by atoms with E-state index in [0.29, 0.717) is 0 Å². The molecule has 220 valence electrons. The van der Waals surface area contributed by atoms with Gasteiger partial charge in [0.15, 0.2) is 0 Å². The lowest BCUT2D eigenvalue weighted by atomic mass is 10.0. The highest BCUT2D eigenvalue weighted by molar-refractivity contribution is 6.16. The summed E-state index contributed by atoms with van der Waals surface area (Å²) in [6, 6.07) is 43.5. The molecule has 0 aromatic heterocycles. The molecule has 6 aromatic carbocycles. The molecule has 0 amide bonds. The summed E-state index contributed by atoms with van der Waals surface area (Å²) in [5.74, 6) is 0. The van der Waals surface area contributed by atoms with E-state index in [1.165, 1.54) is 66.1 Å². The number of hydrogen-bond donors (Lipinski definition) is 0. The first-order chi connectivity index (χ1) is 21.0. The van der Waals surface area contributed by atoms with E-state index in [-0.39, 0.29) is 0 Å². The molecule has 0 bridgehead atoms. The molecule has 0 saturated carbocycles. The number of nitrogens with zero attached hydrogens (tertiary/aromatic N) is 2. The van der Waals surface area contributed by atoms with Crippen LogP contribution >= 0.6 is 0 Å². The van der Waals surface area contributed by atoms with Crippen molar-refractivity contribution >= 4 is 21.5 Å². The largest absolute Gasteiger partial charge is 0.297 e. The molecule has 2 aliphatic rings.